The Morgan fingerprint density at radius 1 is 1.34 bits per heavy atom. The number of nitrogens with zero attached hydrogens (tertiary/aromatic N) is 2. The molecule has 1 aromatic heterocycles. The maximum absolute atomic E-state index is 13.9. The van der Waals surface area contributed by atoms with Crippen molar-refractivity contribution in [3.8, 4) is 0 Å². The Morgan fingerprint density at radius 3 is 2.66 bits per heavy atom. The molecule has 2 saturated carbocycles. The van der Waals surface area contributed by atoms with Gasteiger partial charge in [-0.15, -0.1) is 0 Å². The molecule has 6 nitrogen and oxygen atoms in total. The highest BCUT2D eigenvalue weighted by Crippen LogP contribution is 2.47. The second-order valence-electron chi connectivity index (χ2n) is 8.85. The third-order valence-electron chi connectivity index (χ3n) is 7.28. The number of aromatic nitrogens is 1. The van der Waals surface area contributed by atoms with Gasteiger partial charge in [0.2, 0.25) is 5.43 Å². The average Bonchev–Trinajstić information content (AvgIpc) is 3.59. The first-order chi connectivity index (χ1) is 13.9. The van der Waals surface area contributed by atoms with Crippen LogP contribution in [-0.4, -0.2) is 47.5 Å². The van der Waals surface area contributed by atoms with E-state index in [2.05, 4.69) is 10.2 Å². The smallest absolute Gasteiger partial charge is 0.341 e. The highest BCUT2D eigenvalue weighted by Gasteiger charge is 2.50. The zero-order valence-electron chi connectivity index (χ0n) is 16.7. The van der Waals surface area contributed by atoms with E-state index in [4.69, 9.17) is 0 Å². The molecule has 2 aliphatic carbocycles. The number of hydrogen-bond donors (Lipinski definition) is 2. The van der Waals surface area contributed by atoms with Gasteiger partial charge in [0.25, 0.3) is 0 Å². The predicted octanol–water partition coefficient (Wildman–Crippen LogP) is 2.87. The number of aromatic carboxylic acids is 1. The van der Waals surface area contributed by atoms with Gasteiger partial charge in [-0.1, -0.05) is 0 Å². The number of anilines is 1. The molecular weight excluding hydrogens is 373 g/mol. The second kappa shape index (κ2) is 6.29. The number of hydrogen-bond acceptors (Lipinski definition) is 4. The third-order valence-corrected chi connectivity index (χ3v) is 7.28. The van der Waals surface area contributed by atoms with Gasteiger partial charge in [-0.2, -0.15) is 0 Å². The normalized spacial score (nSPS) is 27.4. The first kappa shape index (κ1) is 18.6. The van der Waals surface area contributed by atoms with Crippen LogP contribution in [0.15, 0.2) is 23.1 Å². The number of benzene rings is 1. The molecule has 1 aliphatic heterocycles. The summed E-state index contributed by atoms with van der Waals surface area (Å²) in [5.41, 5.74) is 2.12. The van der Waals surface area contributed by atoms with Gasteiger partial charge in [0.1, 0.15) is 11.7 Å². The van der Waals surface area contributed by atoms with Crippen LogP contribution < -0.4 is 15.6 Å². The molecule has 1 aromatic carbocycles. The third kappa shape index (κ3) is 2.78. The van der Waals surface area contributed by atoms with Crippen LogP contribution in [0.25, 0.3) is 10.9 Å². The summed E-state index contributed by atoms with van der Waals surface area (Å²) in [6, 6.07) is 3.25. The lowest BCUT2D eigenvalue weighted by Gasteiger charge is -2.26. The zero-order chi connectivity index (χ0) is 20.5. The van der Waals surface area contributed by atoms with Crippen molar-refractivity contribution in [2.24, 2.45) is 5.92 Å². The number of rotatable bonds is 5. The standard InChI is InChI=1S/C22H26FN3O3/c1-12-17(25-8-5-13(10-25)22(24-2)6-7-22)4-3-14-19(12)26(18-9-16(18)23)11-15(20(14)27)21(28)29/h3-4,11,13,16,18,24H,5-10H2,1-2H3,(H,28,29)/t13-,16+,18-/m1/s1. The molecule has 0 amide bonds. The summed E-state index contributed by atoms with van der Waals surface area (Å²) < 4.78 is 15.6. The predicted molar refractivity (Wildman–Crippen MR) is 110 cm³/mol. The first-order valence-electron chi connectivity index (χ1n) is 10.4. The number of nitrogens with one attached hydrogen (secondary N) is 1. The maximum atomic E-state index is 13.9. The molecule has 2 heterocycles. The Labute approximate surface area is 168 Å². The number of carboxylic acids is 1. The van der Waals surface area contributed by atoms with Crippen molar-refractivity contribution in [2.45, 2.75) is 50.4 Å². The van der Waals surface area contributed by atoms with Crippen molar-refractivity contribution < 1.29 is 14.3 Å². The van der Waals surface area contributed by atoms with Crippen LogP contribution in [0.1, 0.15) is 47.6 Å². The Bertz CT molecular complexity index is 1080. The van der Waals surface area contributed by atoms with Gasteiger partial charge in [0.05, 0.1) is 11.6 Å². The lowest BCUT2D eigenvalue weighted by Crippen LogP contribution is -2.37. The summed E-state index contributed by atoms with van der Waals surface area (Å²) in [4.78, 5) is 26.7. The average molecular weight is 399 g/mol. The number of alkyl halides is 1. The second-order valence-corrected chi connectivity index (χ2v) is 8.85. The van der Waals surface area contributed by atoms with Crippen LogP contribution in [0.3, 0.4) is 0 Å². The molecule has 1 saturated heterocycles. The van der Waals surface area contributed by atoms with Gasteiger partial charge in [-0.25, -0.2) is 9.18 Å². The summed E-state index contributed by atoms with van der Waals surface area (Å²) in [6.07, 6.45) is 4.26. The van der Waals surface area contributed by atoms with Crippen molar-refractivity contribution in [2.75, 3.05) is 25.0 Å². The van der Waals surface area contributed by atoms with Gasteiger partial charge >= 0.3 is 5.97 Å². The quantitative estimate of drug-likeness (QED) is 0.809. The van der Waals surface area contributed by atoms with Gasteiger partial charge in [-0.05, 0) is 56.8 Å². The molecule has 5 rings (SSSR count). The Morgan fingerprint density at radius 2 is 2.07 bits per heavy atom. The molecule has 3 fully saturated rings. The number of aryl methyl sites for hydroxylation is 1. The van der Waals surface area contributed by atoms with E-state index < -0.39 is 23.6 Å². The minimum atomic E-state index is -1.27. The van der Waals surface area contributed by atoms with Crippen LogP contribution in [0.4, 0.5) is 10.1 Å². The highest BCUT2D eigenvalue weighted by molar-refractivity contribution is 5.95. The van der Waals surface area contributed by atoms with Crippen LogP contribution in [0, 0.1) is 12.8 Å². The van der Waals surface area contributed by atoms with E-state index in [9.17, 15) is 19.1 Å². The monoisotopic (exact) mass is 399 g/mol. The lowest BCUT2D eigenvalue weighted by molar-refractivity contribution is 0.0694. The SMILES string of the molecule is CNC1([C@@H]2CCN(c3ccc4c(=O)c(C(=O)O)cn([C@@H]5C[C@@H]5F)c4c3C)C2)CC1. The number of halogens is 1. The minimum absolute atomic E-state index is 0.271. The van der Waals surface area contributed by atoms with E-state index >= 15 is 0 Å². The molecule has 2 N–H and O–H groups in total. The van der Waals surface area contributed by atoms with Gasteiger partial charge in [-0.3, -0.25) is 4.79 Å². The van der Waals surface area contributed by atoms with E-state index in [0.717, 1.165) is 30.8 Å². The Balaban J connectivity index is 1.60. The van der Waals surface area contributed by atoms with E-state index in [1.54, 1.807) is 10.6 Å². The number of carboxylic acid groups (broad SMARTS) is 1. The van der Waals surface area contributed by atoms with Gasteiger partial charge in [0.15, 0.2) is 0 Å². The number of carbonyl (C=O) groups is 1. The summed E-state index contributed by atoms with van der Waals surface area (Å²) in [5, 5.41) is 13.3. The number of fused-ring (bicyclic) bond motifs is 1. The largest absolute Gasteiger partial charge is 0.477 e. The first-order valence-corrected chi connectivity index (χ1v) is 10.4. The fraction of sp³-hybridized carbons (Fsp3) is 0.545. The molecule has 0 bridgehead atoms. The van der Waals surface area contributed by atoms with Crippen molar-refractivity contribution in [1.82, 2.24) is 9.88 Å². The van der Waals surface area contributed by atoms with E-state index in [1.807, 2.05) is 20.0 Å². The van der Waals surface area contributed by atoms with Crippen LogP contribution >= 0.6 is 0 Å². The summed E-state index contributed by atoms with van der Waals surface area (Å²) in [7, 11) is 2.04. The molecule has 7 heteroatoms. The molecule has 0 radical (unpaired) electrons. The molecule has 3 atom stereocenters. The fourth-order valence-electron chi connectivity index (χ4n) is 5.24. The minimum Gasteiger partial charge on any atom is -0.477 e. The summed E-state index contributed by atoms with van der Waals surface area (Å²) >= 11 is 0. The van der Waals surface area contributed by atoms with Gasteiger partial charge < -0.3 is 19.9 Å². The molecule has 3 aliphatic rings. The molecule has 0 spiro atoms. The van der Waals surface area contributed by atoms with Crippen molar-refractivity contribution in [3.05, 3.63) is 39.7 Å². The van der Waals surface area contributed by atoms with Crippen LogP contribution in [0.5, 0.6) is 0 Å². The summed E-state index contributed by atoms with van der Waals surface area (Å²) in [5.74, 6) is -0.676. The lowest BCUT2D eigenvalue weighted by atomic mass is 9.96. The van der Waals surface area contributed by atoms with Crippen LogP contribution in [-0.2, 0) is 0 Å². The zero-order valence-corrected chi connectivity index (χ0v) is 16.7. The Hall–Kier alpha value is -2.41. The maximum Gasteiger partial charge on any atom is 0.341 e. The Kier molecular flexibility index (Phi) is 4.04. The van der Waals surface area contributed by atoms with Crippen LogP contribution in [0.2, 0.25) is 0 Å². The van der Waals surface area contributed by atoms with E-state index in [1.165, 1.54) is 19.0 Å². The molecule has 29 heavy (non-hydrogen) atoms. The van der Waals surface area contributed by atoms with Crippen molar-refractivity contribution in [3.63, 3.8) is 0 Å². The molecule has 154 valence electrons. The van der Waals surface area contributed by atoms with Gasteiger partial charge in [0, 0.05) is 42.3 Å². The van der Waals surface area contributed by atoms with Crippen molar-refractivity contribution >= 4 is 22.6 Å². The molecule has 0 unspecified atom stereocenters. The van der Waals surface area contributed by atoms with E-state index in [0.29, 0.717) is 23.2 Å². The number of pyridine rings is 1. The summed E-state index contributed by atoms with van der Waals surface area (Å²) in [6.45, 7) is 3.87. The van der Waals surface area contributed by atoms with Crippen molar-refractivity contribution in [1.29, 1.82) is 0 Å². The topological polar surface area (TPSA) is 74.6 Å². The fourth-order valence-corrected chi connectivity index (χ4v) is 5.24. The molecular formula is C22H26FN3O3. The van der Waals surface area contributed by atoms with E-state index in [-0.39, 0.29) is 11.1 Å². The molecule has 2 aromatic rings. The highest BCUT2D eigenvalue weighted by atomic mass is 19.1.